The van der Waals surface area contributed by atoms with Crippen LogP contribution in [0.2, 0.25) is 0 Å². The highest BCUT2D eigenvalue weighted by Crippen LogP contribution is 2.27. The lowest BCUT2D eigenvalue weighted by Gasteiger charge is -2.05. The quantitative estimate of drug-likeness (QED) is 0.750. The Kier molecular flexibility index (Phi) is 2.00. The second-order valence-electron chi connectivity index (χ2n) is 3.33. The van der Waals surface area contributed by atoms with E-state index >= 15 is 0 Å². The Morgan fingerprint density at radius 3 is 2.36 bits per heavy atom. The van der Waals surface area contributed by atoms with Crippen molar-refractivity contribution < 1.29 is 9.52 Å². The summed E-state index contributed by atoms with van der Waals surface area (Å²) >= 11 is 0. The summed E-state index contributed by atoms with van der Waals surface area (Å²) in [4.78, 5) is 4.05. The van der Waals surface area contributed by atoms with Crippen molar-refractivity contribution in [3.8, 4) is 17.0 Å². The van der Waals surface area contributed by atoms with E-state index in [-0.39, 0.29) is 0 Å². The summed E-state index contributed by atoms with van der Waals surface area (Å²) in [6.07, 6.45) is 2.98. The van der Waals surface area contributed by atoms with Gasteiger partial charge in [0, 0.05) is 5.56 Å². The number of phenolic OH excluding ortho intramolecular Hbond substituents is 1. The van der Waals surface area contributed by atoms with Crippen molar-refractivity contribution in [2.45, 2.75) is 13.8 Å². The summed E-state index contributed by atoms with van der Waals surface area (Å²) in [5.41, 5.74) is 3.45. The van der Waals surface area contributed by atoms with Gasteiger partial charge in [0.1, 0.15) is 17.7 Å². The van der Waals surface area contributed by atoms with Crippen LogP contribution in [0, 0.1) is 13.8 Å². The standard InChI is InChI=1S/C11H11NO2/c1-7-3-9(4-8(2)11(7)13)10-5-14-6-12-10/h3-6,13H,1-2H3. The molecule has 1 N–H and O–H groups in total. The van der Waals surface area contributed by atoms with E-state index in [2.05, 4.69) is 4.98 Å². The first-order chi connectivity index (χ1) is 6.68. The highest BCUT2D eigenvalue weighted by molar-refractivity contribution is 5.62. The van der Waals surface area contributed by atoms with Gasteiger partial charge in [-0.05, 0) is 37.1 Å². The molecular formula is C11H11NO2. The van der Waals surface area contributed by atoms with Gasteiger partial charge in [-0.25, -0.2) is 4.98 Å². The van der Waals surface area contributed by atoms with Gasteiger partial charge in [0.15, 0.2) is 6.39 Å². The van der Waals surface area contributed by atoms with E-state index in [9.17, 15) is 5.11 Å². The molecule has 2 aromatic rings. The van der Waals surface area contributed by atoms with Gasteiger partial charge in [0.05, 0.1) is 0 Å². The Labute approximate surface area is 82.0 Å². The van der Waals surface area contributed by atoms with Crippen LogP contribution in [-0.2, 0) is 0 Å². The summed E-state index contributed by atoms with van der Waals surface area (Å²) in [6, 6.07) is 3.78. The van der Waals surface area contributed by atoms with E-state index in [4.69, 9.17) is 4.42 Å². The van der Waals surface area contributed by atoms with Crippen LogP contribution in [0.3, 0.4) is 0 Å². The maximum Gasteiger partial charge on any atom is 0.181 e. The maximum absolute atomic E-state index is 9.58. The largest absolute Gasteiger partial charge is 0.507 e. The summed E-state index contributed by atoms with van der Waals surface area (Å²) in [7, 11) is 0. The highest BCUT2D eigenvalue weighted by Gasteiger charge is 2.06. The lowest BCUT2D eigenvalue weighted by atomic mass is 10.0. The SMILES string of the molecule is Cc1cc(-c2cocn2)cc(C)c1O. The molecular weight excluding hydrogens is 178 g/mol. The normalized spacial score (nSPS) is 10.4. The Morgan fingerprint density at radius 2 is 1.86 bits per heavy atom. The van der Waals surface area contributed by atoms with Crippen molar-refractivity contribution in [1.29, 1.82) is 0 Å². The summed E-state index contributed by atoms with van der Waals surface area (Å²) in [5.74, 6) is 0.345. The molecule has 3 heteroatoms. The Bertz CT molecular complexity index is 423. The number of aromatic nitrogens is 1. The van der Waals surface area contributed by atoms with E-state index in [0.717, 1.165) is 22.4 Å². The fourth-order valence-corrected chi connectivity index (χ4v) is 1.46. The summed E-state index contributed by atoms with van der Waals surface area (Å²) in [6.45, 7) is 3.73. The van der Waals surface area contributed by atoms with Crippen molar-refractivity contribution >= 4 is 0 Å². The molecule has 0 spiro atoms. The van der Waals surface area contributed by atoms with Gasteiger partial charge in [0.25, 0.3) is 0 Å². The first kappa shape index (κ1) is 8.81. The minimum atomic E-state index is 0.345. The number of nitrogens with zero attached hydrogens (tertiary/aromatic N) is 1. The summed E-state index contributed by atoms with van der Waals surface area (Å²) < 4.78 is 4.91. The molecule has 1 aromatic carbocycles. The number of hydrogen-bond acceptors (Lipinski definition) is 3. The van der Waals surface area contributed by atoms with Gasteiger partial charge in [0.2, 0.25) is 0 Å². The van der Waals surface area contributed by atoms with Crippen molar-refractivity contribution in [1.82, 2.24) is 4.98 Å². The molecule has 0 aliphatic rings. The van der Waals surface area contributed by atoms with Crippen molar-refractivity contribution in [3.05, 3.63) is 35.9 Å². The number of phenols is 1. The monoisotopic (exact) mass is 189 g/mol. The molecule has 0 bridgehead atoms. The van der Waals surface area contributed by atoms with Gasteiger partial charge < -0.3 is 9.52 Å². The van der Waals surface area contributed by atoms with Crippen molar-refractivity contribution in [3.63, 3.8) is 0 Å². The highest BCUT2D eigenvalue weighted by atomic mass is 16.3. The number of oxazole rings is 1. The molecule has 0 fully saturated rings. The predicted octanol–water partition coefficient (Wildman–Crippen LogP) is 2.66. The summed E-state index contributed by atoms with van der Waals surface area (Å²) in [5, 5.41) is 9.58. The van der Waals surface area contributed by atoms with Crippen LogP contribution in [0.15, 0.2) is 29.2 Å². The fraction of sp³-hybridized carbons (Fsp3) is 0.182. The molecule has 14 heavy (non-hydrogen) atoms. The van der Waals surface area contributed by atoms with Crippen LogP contribution in [0.4, 0.5) is 0 Å². The first-order valence-electron chi connectivity index (χ1n) is 4.37. The number of rotatable bonds is 1. The van der Waals surface area contributed by atoms with Gasteiger partial charge in [-0.1, -0.05) is 0 Å². The molecule has 2 rings (SSSR count). The first-order valence-corrected chi connectivity index (χ1v) is 4.37. The average molecular weight is 189 g/mol. The average Bonchev–Trinajstić information content (AvgIpc) is 2.66. The molecule has 0 atom stereocenters. The maximum atomic E-state index is 9.58. The minimum Gasteiger partial charge on any atom is -0.507 e. The molecule has 72 valence electrons. The number of aryl methyl sites for hydroxylation is 2. The van der Waals surface area contributed by atoms with E-state index in [1.807, 2.05) is 26.0 Å². The second-order valence-corrected chi connectivity index (χ2v) is 3.33. The lowest BCUT2D eigenvalue weighted by Crippen LogP contribution is -1.84. The topological polar surface area (TPSA) is 46.3 Å². The molecule has 0 unspecified atom stereocenters. The molecule has 1 heterocycles. The zero-order chi connectivity index (χ0) is 10.1. The number of hydrogen-bond donors (Lipinski definition) is 1. The molecule has 0 aliphatic carbocycles. The fourth-order valence-electron chi connectivity index (χ4n) is 1.46. The van der Waals surface area contributed by atoms with Gasteiger partial charge >= 0.3 is 0 Å². The number of benzene rings is 1. The van der Waals surface area contributed by atoms with Crippen LogP contribution in [0.5, 0.6) is 5.75 Å². The zero-order valence-electron chi connectivity index (χ0n) is 8.11. The van der Waals surface area contributed by atoms with E-state index in [1.165, 1.54) is 6.39 Å². The zero-order valence-corrected chi connectivity index (χ0v) is 8.11. The smallest absolute Gasteiger partial charge is 0.181 e. The number of aromatic hydroxyl groups is 1. The third kappa shape index (κ3) is 1.37. The molecule has 0 aliphatic heterocycles. The van der Waals surface area contributed by atoms with Gasteiger partial charge in [-0.3, -0.25) is 0 Å². The predicted molar refractivity (Wildman–Crippen MR) is 53.1 cm³/mol. The van der Waals surface area contributed by atoms with Crippen LogP contribution in [0.1, 0.15) is 11.1 Å². The molecule has 0 amide bonds. The lowest BCUT2D eigenvalue weighted by molar-refractivity contribution is 0.467. The second kappa shape index (κ2) is 3.18. The minimum absolute atomic E-state index is 0.345. The molecule has 3 nitrogen and oxygen atoms in total. The van der Waals surface area contributed by atoms with Crippen molar-refractivity contribution in [2.75, 3.05) is 0 Å². The Balaban J connectivity index is 2.57. The molecule has 0 saturated carbocycles. The van der Waals surface area contributed by atoms with Crippen LogP contribution in [-0.4, -0.2) is 10.1 Å². The van der Waals surface area contributed by atoms with E-state index in [1.54, 1.807) is 6.26 Å². The van der Waals surface area contributed by atoms with E-state index in [0.29, 0.717) is 5.75 Å². The third-order valence-corrected chi connectivity index (χ3v) is 2.22. The third-order valence-electron chi connectivity index (χ3n) is 2.22. The molecule has 0 saturated heterocycles. The van der Waals surface area contributed by atoms with E-state index < -0.39 is 0 Å². The van der Waals surface area contributed by atoms with Gasteiger partial charge in [-0.2, -0.15) is 0 Å². The Morgan fingerprint density at radius 1 is 1.21 bits per heavy atom. The van der Waals surface area contributed by atoms with Crippen LogP contribution >= 0.6 is 0 Å². The van der Waals surface area contributed by atoms with Crippen LogP contribution < -0.4 is 0 Å². The van der Waals surface area contributed by atoms with Crippen LogP contribution in [0.25, 0.3) is 11.3 Å². The molecule has 1 aromatic heterocycles. The van der Waals surface area contributed by atoms with Gasteiger partial charge in [-0.15, -0.1) is 0 Å². The Hall–Kier alpha value is -1.77. The molecule has 0 radical (unpaired) electrons. The van der Waals surface area contributed by atoms with Crippen molar-refractivity contribution in [2.24, 2.45) is 0 Å².